The smallest absolute Gasteiger partial charge is 0.312 e. The summed E-state index contributed by atoms with van der Waals surface area (Å²) < 4.78 is 21.4. The Morgan fingerprint density at radius 1 is 1.19 bits per heavy atom. The number of halogens is 1. The minimum atomic E-state index is -0.637. The van der Waals surface area contributed by atoms with Gasteiger partial charge in [0, 0.05) is 31.1 Å². The molecule has 0 bridgehead atoms. The number of carbonyl (C=O) groups excluding carboxylic acids is 1. The Balaban J connectivity index is 1.41. The van der Waals surface area contributed by atoms with E-state index in [-0.39, 0.29) is 11.8 Å². The van der Waals surface area contributed by atoms with Crippen LogP contribution in [0.1, 0.15) is 33.8 Å². The second kappa shape index (κ2) is 7.08. The van der Waals surface area contributed by atoms with Gasteiger partial charge in [0.15, 0.2) is 0 Å². The maximum Gasteiger partial charge on any atom is 0.312 e. The van der Waals surface area contributed by atoms with Crippen molar-refractivity contribution in [2.24, 2.45) is 0 Å². The summed E-state index contributed by atoms with van der Waals surface area (Å²) in [6.07, 6.45) is 5.40. The van der Waals surface area contributed by atoms with Crippen molar-refractivity contribution in [1.29, 1.82) is 0 Å². The van der Waals surface area contributed by atoms with Crippen LogP contribution in [-0.4, -0.2) is 52.1 Å². The van der Waals surface area contributed by atoms with Crippen LogP contribution in [0.25, 0.3) is 17.1 Å². The first-order valence-electron chi connectivity index (χ1n) is 9.91. The van der Waals surface area contributed by atoms with Crippen LogP contribution in [0.5, 0.6) is 0 Å². The standard InChI is InChI=1S/C21H15FN8O2/c22-12-4-3-8-30-16(12)10-15(28-30)18-17-13(24-11-25-17)6-9-29(18)21(31)20-27-26-19(32-20)14-5-1-2-7-23-14/h1-5,7-8,10-11,18H,6,9H2,(H,24,25). The summed E-state index contributed by atoms with van der Waals surface area (Å²) in [6.45, 7) is 0.371. The SMILES string of the molecule is O=C(c1nnc(-c2ccccn2)o1)N1CCc2[nH]cnc2C1c1cc2c(F)cccn2n1. The zero-order valence-corrected chi connectivity index (χ0v) is 16.5. The topological polar surface area (TPSA) is 118 Å². The molecule has 0 saturated heterocycles. The molecular formula is C21H15FN8O2. The molecule has 6 rings (SSSR count). The van der Waals surface area contributed by atoms with E-state index in [1.54, 1.807) is 54.0 Å². The van der Waals surface area contributed by atoms with E-state index in [0.717, 1.165) is 5.69 Å². The van der Waals surface area contributed by atoms with Gasteiger partial charge in [-0.2, -0.15) is 5.10 Å². The number of aromatic amines is 1. The molecule has 158 valence electrons. The van der Waals surface area contributed by atoms with Gasteiger partial charge in [0.05, 0.1) is 17.7 Å². The zero-order valence-electron chi connectivity index (χ0n) is 16.5. The molecule has 0 radical (unpaired) electrons. The van der Waals surface area contributed by atoms with E-state index in [1.165, 1.54) is 10.6 Å². The lowest BCUT2D eigenvalue weighted by molar-refractivity contribution is 0.0646. The van der Waals surface area contributed by atoms with E-state index in [1.807, 2.05) is 0 Å². The van der Waals surface area contributed by atoms with Crippen molar-refractivity contribution in [2.75, 3.05) is 6.54 Å². The fraction of sp³-hybridized carbons (Fsp3) is 0.143. The predicted molar refractivity (Wildman–Crippen MR) is 108 cm³/mol. The van der Waals surface area contributed by atoms with E-state index < -0.39 is 17.8 Å². The van der Waals surface area contributed by atoms with Crippen LogP contribution in [0.2, 0.25) is 0 Å². The molecular weight excluding hydrogens is 415 g/mol. The summed E-state index contributed by atoms with van der Waals surface area (Å²) >= 11 is 0. The first-order chi connectivity index (χ1) is 15.7. The van der Waals surface area contributed by atoms with E-state index in [0.29, 0.717) is 35.6 Å². The number of imidazole rings is 1. The molecule has 0 saturated carbocycles. The molecule has 10 nitrogen and oxygen atoms in total. The Kier molecular flexibility index (Phi) is 4.06. The summed E-state index contributed by atoms with van der Waals surface area (Å²) in [5, 5.41) is 12.4. The lowest BCUT2D eigenvalue weighted by Gasteiger charge is -2.32. The number of hydrogen-bond donors (Lipinski definition) is 1. The molecule has 0 spiro atoms. The van der Waals surface area contributed by atoms with Gasteiger partial charge in [-0.05, 0) is 30.3 Å². The van der Waals surface area contributed by atoms with Gasteiger partial charge < -0.3 is 14.3 Å². The van der Waals surface area contributed by atoms with Gasteiger partial charge in [-0.3, -0.25) is 9.78 Å². The Labute approximate surface area is 179 Å². The third-order valence-corrected chi connectivity index (χ3v) is 5.43. The highest BCUT2D eigenvalue weighted by Crippen LogP contribution is 2.34. The van der Waals surface area contributed by atoms with Crippen molar-refractivity contribution in [3.63, 3.8) is 0 Å². The molecule has 0 aliphatic carbocycles. The predicted octanol–water partition coefficient (Wildman–Crippen LogP) is 2.43. The lowest BCUT2D eigenvalue weighted by Crippen LogP contribution is -2.41. The molecule has 11 heteroatoms. The van der Waals surface area contributed by atoms with Crippen molar-refractivity contribution in [1.82, 2.24) is 39.7 Å². The van der Waals surface area contributed by atoms with Gasteiger partial charge in [-0.25, -0.2) is 13.9 Å². The van der Waals surface area contributed by atoms with E-state index in [2.05, 4.69) is 30.2 Å². The van der Waals surface area contributed by atoms with Crippen LogP contribution >= 0.6 is 0 Å². The van der Waals surface area contributed by atoms with Crippen molar-refractivity contribution >= 4 is 11.4 Å². The quantitative estimate of drug-likeness (QED) is 0.467. The van der Waals surface area contributed by atoms with Crippen molar-refractivity contribution < 1.29 is 13.6 Å². The highest BCUT2D eigenvalue weighted by atomic mass is 19.1. The van der Waals surface area contributed by atoms with Crippen LogP contribution in [-0.2, 0) is 6.42 Å². The fourth-order valence-corrected chi connectivity index (χ4v) is 3.95. The summed E-state index contributed by atoms with van der Waals surface area (Å²) in [6, 6.07) is 9.19. The zero-order chi connectivity index (χ0) is 21.7. The highest BCUT2D eigenvalue weighted by molar-refractivity contribution is 5.90. The summed E-state index contributed by atoms with van der Waals surface area (Å²) in [5.74, 6) is -0.877. The number of rotatable bonds is 3. The van der Waals surface area contributed by atoms with Gasteiger partial charge >= 0.3 is 11.8 Å². The number of carbonyl (C=O) groups is 1. The summed E-state index contributed by atoms with van der Waals surface area (Å²) in [5.41, 5.74) is 2.82. The summed E-state index contributed by atoms with van der Waals surface area (Å²) in [7, 11) is 0. The molecule has 5 aromatic heterocycles. The molecule has 1 N–H and O–H groups in total. The van der Waals surface area contributed by atoms with Crippen LogP contribution < -0.4 is 0 Å². The van der Waals surface area contributed by atoms with E-state index >= 15 is 0 Å². The second-order valence-electron chi connectivity index (χ2n) is 7.30. The van der Waals surface area contributed by atoms with E-state index in [9.17, 15) is 9.18 Å². The van der Waals surface area contributed by atoms with Crippen LogP contribution in [0.4, 0.5) is 4.39 Å². The molecule has 5 aromatic rings. The van der Waals surface area contributed by atoms with Gasteiger partial charge in [-0.15, -0.1) is 10.2 Å². The molecule has 6 heterocycles. The Morgan fingerprint density at radius 2 is 2.12 bits per heavy atom. The van der Waals surface area contributed by atoms with Crippen molar-refractivity contribution in [3.05, 3.63) is 83.9 Å². The van der Waals surface area contributed by atoms with Crippen LogP contribution in [0.15, 0.2) is 59.5 Å². The van der Waals surface area contributed by atoms with Crippen molar-refractivity contribution in [2.45, 2.75) is 12.5 Å². The number of aromatic nitrogens is 7. The van der Waals surface area contributed by atoms with Gasteiger partial charge in [0.2, 0.25) is 0 Å². The van der Waals surface area contributed by atoms with Gasteiger partial charge in [-0.1, -0.05) is 6.07 Å². The largest absolute Gasteiger partial charge is 0.411 e. The molecule has 1 aliphatic rings. The molecule has 1 aliphatic heterocycles. The second-order valence-corrected chi connectivity index (χ2v) is 7.30. The average molecular weight is 430 g/mol. The maximum atomic E-state index is 14.3. The molecule has 1 atom stereocenters. The van der Waals surface area contributed by atoms with Crippen LogP contribution in [0, 0.1) is 5.82 Å². The first kappa shape index (κ1) is 18.4. The number of hydrogen-bond acceptors (Lipinski definition) is 7. The average Bonchev–Trinajstić information content (AvgIpc) is 3.58. The lowest BCUT2D eigenvalue weighted by atomic mass is 9.99. The van der Waals surface area contributed by atoms with Crippen molar-refractivity contribution in [3.8, 4) is 11.6 Å². The number of nitrogens with zero attached hydrogens (tertiary/aromatic N) is 7. The highest BCUT2D eigenvalue weighted by Gasteiger charge is 2.38. The molecule has 1 unspecified atom stereocenters. The van der Waals surface area contributed by atoms with Crippen LogP contribution in [0.3, 0.4) is 0 Å². The fourth-order valence-electron chi connectivity index (χ4n) is 3.95. The third kappa shape index (κ3) is 2.86. The number of amides is 1. The Hall–Kier alpha value is -4.41. The Morgan fingerprint density at radius 3 is 2.97 bits per heavy atom. The summed E-state index contributed by atoms with van der Waals surface area (Å²) in [4.78, 5) is 26.7. The monoisotopic (exact) mass is 430 g/mol. The normalized spacial score (nSPS) is 15.8. The molecule has 0 fully saturated rings. The number of fused-ring (bicyclic) bond motifs is 2. The van der Waals surface area contributed by atoms with Gasteiger partial charge in [0.25, 0.3) is 5.89 Å². The minimum Gasteiger partial charge on any atom is -0.411 e. The first-order valence-corrected chi connectivity index (χ1v) is 9.91. The Bertz CT molecular complexity index is 1440. The number of nitrogens with one attached hydrogen (secondary N) is 1. The van der Waals surface area contributed by atoms with E-state index in [4.69, 9.17) is 4.42 Å². The maximum absolute atomic E-state index is 14.3. The number of pyridine rings is 2. The number of H-pyrrole nitrogens is 1. The third-order valence-electron chi connectivity index (χ3n) is 5.43. The molecule has 32 heavy (non-hydrogen) atoms. The minimum absolute atomic E-state index is 0.151. The molecule has 1 amide bonds. The molecule has 0 aromatic carbocycles. The van der Waals surface area contributed by atoms with Gasteiger partial charge in [0.1, 0.15) is 23.1 Å².